The van der Waals surface area contributed by atoms with E-state index < -0.39 is 35.2 Å². The average molecular weight is 496 g/mol. The molecule has 1 saturated carbocycles. The van der Waals surface area contributed by atoms with E-state index in [1.165, 1.54) is 18.7 Å². The number of amides is 2. The Labute approximate surface area is 196 Å². The van der Waals surface area contributed by atoms with Crippen LogP contribution in [0.2, 0.25) is 0 Å². The number of esters is 1. The lowest BCUT2D eigenvalue weighted by molar-refractivity contribution is -0.150. The number of nitrogens with two attached hydrogens (primary N) is 1. The smallest absolute Gasteiger partial charge is 0.352 e. The van der Waals surface area contributed by atoms with Crippen molar-refractivity contribution in [3.05, 3.63) is 22.3 Å². The lowest BCUT2D eigenvalue weighted by atomic mass is 10.0. The zero-order valence-electron chi connectivity index (χ0n) is 17.5. The summed E-state index contributed by atoms with van der Waals surface area (Å²) in [7, 11) is 0. The minimum Gasteiger partial charge on any atom is -0.477 e. The van der Waals surface area contributed by atoms with Gasteiger partial charge in [0.1, 0.15) is 36.0 Å². The summed E-state index contributed by atoms with van der Waals surface area (Å²) in [5.74, 6) is -2.49. The molecule has 4 rings (SSSR count). The fraction of sp³-hybridized carbons (Fsp3) is 0.474. The summed E-state index contributed by atoms with van der Waals surface area (Å²) < 4.78 is 4.91. The maximum Gasteiger partial charge on any atom is 0.352 e. The van der Waals surface area contributed by atoms with Gasteiger partial charge in [0, 0.05) is 23.6 Å². The molecule has 3 heterocycles. The molecule has 1 aliphatic carbocycles. The van der Waals surface area contributed by atoms with Crippen LogP contribution in [-0.4, -0.2) is 74.8 Å². The Hall–Kier alpha value is -3.13. The highest BCUT2D eigenvalue weighted by Gasteiger charge is 2.54. The lowest BCUT2D eigenvalue weighted by Gasteiger charge is -2.49. The molecule has 176 valence electrons. The summed E-state index contributed by atoms with van der Waals surface area (Å²) in [6.07, 6.45) is 2.09. The van der Waals surface area contributed by atoms with Crippen molar-refractivity contribution < 1.29 is 33.9 Å². The van der Waals surface area contributed by atoms with Crippen molar-refractivity contribution >= 4 is 57.7 Å². The number of rotatable bonds is 9. The van der Waals surface area contributed by atoms with E-state index in [9.17, 15) is 24.3 Å². The van der Waals surface area contributed by atoms with Crippen molar-refractivity contribution in [1.82, 2.24) is 15.2 Å². The number of carboxylic acids is 1. The number of nitrogens with zero attached hydrogens (tertiary/aromatic N) is 3. The third-order valence-electron chi connectivity index (χ3n) is 5.13. The van der Waals surface area contributed by atoms with Crippen LogP contribution < -0.4 is 11.1 Å². The number of carboxylic acid groups (broad SMARTS) is 1. The Balaban J connectivity index is 1.48. The van der Waals surface area contributed by atoms with Gasteiger partial charge in [-0.15, -0.1) is 23.1 Å². The maximum atomic E-state index is 13.0. The van der Waals surface area contributed by atoms with E-state index in [0.29, 0.717) is 18.1 Å². The minimum absolute atomic E-state index is 0.111. The topological polar surface area (TPSA) is 174 Å². The summed E-state index contributed by atoms with van der Waals surface area (Å²) in [6, 6.07) is -0.961. The van der Waals surface area contributed by atoms with Crippen molar-refractivity contribution in [3.63, 3.8) is 0 Å². The number of carbonyl (C=O) groups is 4. The van der Waals surface area contributed by atoms with Crippen molar-refractivity contribution in [2.24, 2.45) is 11.1 Å². The molecule has 2 aliphatic heterocycles. The van der Waals surface area contributed by atoms with E-state index in [1.807, 2.05) is 0 Å². The Morgan fingerprint density at radius 3 is 2.76 bits per heavy atom. The van der Waals surface area contributed by atoms with Crippen LogP contribution in [0.5, 0.6) is 0 Å². The van der Waals surface area contributed by atoms with Crippen LogP contribution >= 0.6 is 23.1 Å². The third kappa shape index (κ3) is 4.95. The fourth-order valence-electron chi connectivity index (χ4n) is 3.29. The first-order chi connectivity index (χ1) is 15.8. The molecule has 1 aromatic heterocycles. The fourth-order valence-corrected chi connectivity index (χ4v) is 5.16. The standard InChI is InChI=1S/C19H21N5O7S2/c1-8(25)30-5-10-6-32-17-13(16(27)24(17)14(10)18(28)29)22-15(26)12(11-7-33-19(20)21-11)23-31-4-9-2-3-9/h7,9,13,17H,2-6H2,1H3,(H2,20,21)(H,22,26)(H,28,29)/t13-,17-/m1/s1. The number of thiazole rings is 1. The quantitative estimate of drug-likeness (QED) is 0.185. The van der Waals surface area contributed by atoms with Gasteiger partial charge >= 0.3 is 11.9 Å². The molecule has 3 aliphatic rings. The van der Waals surface area contributed by atoms with Gasteiger partial charge in [-0.2, -0.15) is 0 Å². The summed E-state index contributed by atoms with van der Waals surface area (Å²) in [5, 5.41) is 17.4. The Morgan fingerprint density at radius 1 is 1.39 bits per heavy atom. The molecule has 0 aromatic carbocycles. The van der Waals surface area contributed by atoms with Crippen LogP contribution in [-0.2, 0) is 28.8 Å². The number of aromatic nitrogens is 1. The number of aliphatic carboxylic acids is 1. The Bertz CT molecular complexity index is 1060. The molecule has 0 unspecified atom stereocenters. The number of fused-ring (bicyclic) bond motifs is 1. The number of β-lactam (4-membered cyclic amide) rings is 1. The first kappa shape index (κ1) is 23.0. The molecule has 2 amide bonds. The van der Waals surface area contributed by atoms with Crippen molar-refractivity contribution in [2.45, 2.75) is 31.2 Å². The van der Waals surface area contributed by atoms with Gasteiger partial charge in [-0.25, -0.2) is 9.78 Å². The monoisotopic (exact) mass is 495 g/mol. The van der Waals surface area contributed by atoms with Crippen LogP contribution in [0.1, 0.15) is 25.5 Å². The lowest BCUT2D eigenvalue weighted by Crippen LogP contribution is -2.71. The summed E-state index contributed by atoms with van der Waals surface area (Å²) in [6.45, 7) is 1.37. The normalized spacial score (nSPS) is 22.4. The summed E-state index contributed by atoms with van der Waals surface area (Å²) in [4.78, 5) is 59.1. The number of anilines is 1. The van der Waals surface area contributed by atoms with Gasteiger partial charge in [0.25, 0.3) is 11.8 Å². The number of oxime groups is 1. The van der Waals surface area contributed by atoms with E-state index in [4.69, 9.17) is 15.3 Å². The highest BCUT2D eigenvalue weighted by atomic mass is 32.2. The molecule has 0 bridgehead atoms. The van der Waals surface area contributed by atoms with Gasteiger partial charge in [0.05, 0.1) is 0 Å². The number of hydrogen-bond acceptors (Lipinski definition) is 11. The summed E-state index contributed by atoms with van der Waals surface area (Å²) >= 11 is 2.40. The van der Waals surface area contributed by atoms with Crippen LogP contribution in [0.25, 0.3) is 0 Å². The molecule has 2 fully saturated rings. The first-order valence-electron chi connectivity index (χ1n) is 10.0. The molecule has 14 heteroatoms. The molecular formula is C19H21N5O7S2. The number of nitrogens with one attached hydrogen (secondary N) is 1. The average Bonchev–Trinajstić information content (AvgIpc) is 3.50. The highest BCUT2D eigenvalue weighted by Crippen LogP contribution is 2.40. The molecular weight excluding hydrogens is 474 g/mol. The Kier molecular flexibility index (Phi) is 6.56. The van der Waals surface area contributed by atoms with Crippen molar-refractivity contribution in [3.8, 4) is 0 Å². The van der Waals surface area contributed by atoms with E-state index in [-0.39, 0.29) is 34.6 Å². The van der Waals surface area contributed by atoms with Gasteiger partial charge in [0.15, 0.2) is 10.8 Å². The predicted octanol–water partition coefficient (Wildman–Crippen LogP) is 0.158. The Morgan fingerprint density at radius 2 is 2.15 bits per heavy atom. The van der Waals surface area contributed by atoms with Gasteiger partial charge in [-0.3, -0.25) is 19.3 Å². The van der Waals surface area contributed by atoms with Gasteiger partial charge in [-0.1, -0.05) is 5.16 Å². The zero-order chi connectivity index (χ0) is 23.7. The number of nitrogen functional groups attached to an aromatic ring is 1. The maximum absolute atomic E-state index is 13.0. The molecule has 1 saturated heterocycles. The molecule has 12 nitrogen and oxygen atoms in total. The van der Waals surface area contributed by atoms with Crippen LogP contribution in [0.3, 0.4) is 0 Å². The van der Waals surface area contributed by atoms with E-state index in [1.54, 1.807) is 5.38 Å². The number of ether oxygens (including phenoxy) is 1. The second-order valence-corrected chi connectivity index (χ2v) is 9.64. The van der Waals surface area contributed by atoms with Gasteiger partial charge in [-0.05, 0) is 18.8 Å². The molecule has 1 aromatic rings. The first-order valence-corrected chi connectivity index (χ1v) is 11.9. The van der Waals surface area contributed by atoms with Gasteiger partial charge in [0.2, 0.25) is 0 Å². The van der Waals surface area contributed by atoms with E-state index >= 15 is 0 Å². The second-order valence-electron chi connectivity index (χ2n) is 7.65. The number of thioether (sulfide) groups is 1. The SMILES string of the molecule is CC(=O)OCC1=C(C(=O)O)N2C(=O)[C@@H](NC(=O)C(=NOCC3CC3)c3csc(N)n3)[C@H]2SC1. The summed E-state index contributed by atoms with van der Waals surface area (Å²) in [5.41, 5.74) is 5.87. The van der Waals surface area contributed by atoms with Crippen LogP contribution in [0.4, 0.5) is 5.13 Å². The number of hydrogen-bond donors (Lipinski definition) is 3. The molecule has 33 heavy (non-hydrogen) atoms. The molecule has 0 spiro atoms. The third-order valence-corrected chi connectivity index (χ3v) is 7.14. The minimum atomic E-state index is -1.31. The number of carbonyl (C=O) groups excluding carboxylic acids is 3. The van der Waals surface area contributed by atoms with Gasteiger partial charge < -0.3 is 25.7 Å². The van der Waals surface area contributed by atoms with Crippen molar-refractivity contribution in [1.29, 1.82) is 0 Å². The van der Waals surface area contributed by atoms with Crippen LogP contribution in [0, 0.1) is 5.92 Å². The molecule has 4 N–H and O–H groups in total. The van der Waals surface area contributed by atoms with Crippen LogP contribution in [0.15, 0.2) is 21.8 Å². The molecule has 0 radical (unpaired) electrons. The highest BCUT2D eigenvalue weighted by molar-refractivity contribution is 8.00. The molecule has 2 atom stereocenters. The zero-order valence-corrected chi connectivity index (χ0v) is 19.1. The largest absolute Gasteiger partial charge is 0.477 e. The van der Waals surface area contributed by atoms with Crippen molar-refractivity contribution in [2.75, 3.05) is 24.7 Å². The van der Waals surface area contributed by atoms with E-state index in [2.05, 4.69) is 15.5 Å². The predicted molar refractivity (Wildman–Crippen MR) is 118 cm³/mol. The second kappa shape index (κ2) is 9.39. The van der Waals surface area contributed by atoms with E-state index in [0.717, 1.165) is 29.1 Å².